The van der Waals surface area contributed by atoms with Gasteiger partial charge in [0.1, 0.15) is 11.7 Å². The van der Waals surface area contributed by atoms with Crippen molar-refractivity contribution in [1.82, 2.24) is 5.32 Å². The topological polar surface area (TPSA) is 99.0 Å². The van der Waals surface area contributed by atoms with E-state index in [0.717, 1.165) is 0 Å². The van der Waals surface area contributed by atoms with E-state index in [-0.39, 0.29) is 0 Å². The fourth-order valence-electron chi connectivity index (χ4n) is 1.03. The molecule has 96 valence electrons. The molecule has 0 rings (SSSR count). The van der Waals surface area contributed by atoms with E-state index in [1.807, 2.05) is 0 Å². The Hall–Kier alpha value is -0.850. The summed E-state index contributed by atoms with van der Waals surface area (Å²) in [6, 6.07) is -0.949. The maximum atomic E-state index is 11.3. The van der Waals surface area contributed by atoms with Crippen molar-refractivity contribution < 1.29 is 24.9 Å². The normalized spacial score (nSPS) is 17.4. The number of rotatable bonds is 4. The van der Waals surface area contributed by atoms with E-state index >= 15 is 0 Å². The van der Waals surface area contributed by atoms with E-state index in [1.54, 1.807) is 20.8 Å². The molecule has 4 N–H and O–H groups in total. The van der Waals surface area contributed by atoms with Gasteiger partial charge in [0.25, 0.3) is 0 Å². The molecule has 1 amide bonds. The fourth-order valence-corrected chi connectivity index (χ4v) is 1.03. The highest BCUT2D eigenvalue weighted by atomic mass is 16.6. The molecule has 16 heavy (non-hydrogen) atoms. The molecule has 0 aromatic rings. The molecule has 0 aliphatic carbocycles. The van der Waals surface area contributed by atoms with Crippen LogP contribution >= 0.6 is 0 Å². The van der Waals surface area contributed by atoms with E-state index in [1.165, 1.54) is 6.92 Å². The van der Waals surface area contributed by atoms with Crippen molar-refractivity contribution in [3.05, 3.63) is 0 Å². The summed E-state index contributed by atoms with van der Waals surface area (Å²) in [7, 11) is 0. The lowest BCUT2D eigenvalue weighted by Crippen LogP contribution is -2.51. The first-order valence-electron chi connectivity index (χ1n) is 5.14. The van der Waals surface area contributed by atoms with Gasteiger partial charge in [0.05, 0.1) is 18.8 Å². The van der Waals surface area contributed by atoms with E-state index in [2.05, 4.69) is 5.32 Å². The molecule has 6 nitrogen and oxygen atoms in total. The predicted octanol–water partition coefficient (Wildman–Crippen LogP) is -0.386. The molecule has 0 heterocycles. The van der Waals surface area contributed by atoms with Gasteiger partial charge in [-0.15, -0.1) is 0 Å². The maximum Gasteiger partial charge on any atom is 0.408 e. The first kappa shape index (κ1) is 15.2. The lowest BCUT2D eigenvalue weighted by Gasteiger charge is -2.26. The predicted molar refractivity (Wildman–Crippen MR) is 57.9 cm³/mol. The number of ether oxygens (including phenoxy) is 1. The lowest BCUT2D eigenvalue weighted by atomic mass is 10.1. The monoisotopic (exact) mass is 235 g/mol. The van der Waals surface area contributed by atoms with Crippen LogP contribution in [0.5, 0.6) is 0 Å². The Morgan fingerprint density at radius 3 is 2.19 bits per heavy atom. The summed E-state index contributed by atoms with van der Waals surface area (Å²) in [4.78, 5) is 11.3. The highest BCUT2D eigenvalue weighted by Gasteiger charge is 2.26. The van der Waals surface area contributed by atoms with Crippen LogP contribution in [0.15, 0.2) is 0 Å². The summed E-state index contributed by atoms with van der Waals surface area (Å²) in [5.41, 5.74) is -0.653. The average molecular weight is 235 g/mol. The van der Waals surface area contributed by atoms with Gasteiger partial charge in [-0.2, -0.15) is 0 Å². The van der Waals surface area contributed by atoms with Crippen LogP contribution in [-0.4, -0.2) is 51.9 Å². The third-order valence-electron chi connectivity index (χ3n) is 1.81. The minimum Gasteiger partial charge on any atom is -0.444 e. The third kappa shape index (κ3) is 5.89. The van der Waals surface area contributed by atoms with Gasteiger partial charge < -0.3 is 25.4 Å². The third-order valence-corrected chi connectivity index (χ3v) is 1.81. The highest BCUT2D eigenvalue weighted by molar-refractivity contribution is 5.68. The van der Waals surface area contributed by atoms with Crippen LogP contribution in [0.4, 0.5) is 4.79 Å². The Morgan fingerprint density at radius 1 is 1.38 bits per heavy atom. The van der Waals surface area contributed by atoms with Gasteiger partial charge in [0.15, 0.2) is 0 Å². The molecule has 0 aliphatic rings. The van der Waals surface area contributed by atoms with Crippen LogP contribution in [0, 0.1) is 0 Å². The molecule has 6 heteroatoms. The molecular weight excluding hydrogens is 214 g/mol. The molecule has 0 spiro atoms. The second-order valence-corrected chi connectivity index (χ2v) is 4.67. The van der Waals surface area contributed by atoms with E-state index in [4.69, 9.17) is 14.9 Å². The average Bonchev–Trinajstić information content (AvgIpc) is 2.09. The van der Waals surface area contributed by atoms with Crippen LogP contribution in [0.1, 0.15) is 27.7 Å². The molecule has 0 aromatic carbocycles. The van der Waals surface area contributed by atoms with E-state index in [9.17, 15) is 9.90 Å². The van der Waals surface area contributed by atoms with Crippen LogP contribution in [0.25, 0.3) is 0 Å². The van der Waals surface area contributed by atoms with Crippen molar-refractivity contribution in [3.8, 4) is 0 Å². The minimum atomic E-state index is -1.24. The van der Waals surface area contributed by atoms with Gasteiger partial charge in [0.2, 0.25) is 0 Å². The summed E-state index contributed by atoms with van der Waals surface area (Å²) in [6.07, 6.45) is -3.03. The standard InChI is InChI=1S/C10H21NO5/c1-6(13)8(14)7(5-12)11-9(15)16-10(2,3)4/h6-8,12-14H,5H2,1-4H3,(H,11,15). The van der Waals surface area contributed by atoms with E-state index in [0.29, 0.717) is 0 Å². The number of hydrogen-bond donors (Lipinski definition) is 4. The van der Waals surface area contributed by atoms with Crippen LogP contribution in [0.3, 0.4) is 0 Å². The SMILES string of the molecule is CC(O)C(O)C(CO)NC(=O)OC(C)(C)C. The Labute approximate surface area is 95.2 Å². The number of aliphatic hydroxyl groups is 3. The molecule has 0 aliphatic heterocycles. The number of amides is 1. The number of alkyl carbamates (subject to hydrolysis) is 1. The van der Waals surface area contributed by atoms with Gasteiger partial charge in [-0.3, -0.25) is 0 Å². The van der Waals surface area contributed by atoms with Crippen molar-refractivity contribution in [3.63, 3.8) is 0 Å². The van der Waals surface area contributed by atoms with Crippen molar-refractivity contribution in [2.75, 3.05) is 6.61 Å². The summed E-state index contributed by atoms with van der Waals surface area (Å²) in [5, 5.41) is 29.8. The van der Waals surface area contributed by atoms with Crippen LogP contribution in [0.2, 0.25) is 0 Å². The first-order chi connectivity index (χ1) is 7.17. The van der Waals surface area contributed by atoms with Crippen molar-refractivity contribution in [2.24, 2.45) is 0 Å². The Balaban J connectivity index is 4.28. The van der Waals surface area contributed by atoms with Gasteiger partial charge in [0, 0.05) is 0 Å². The quantitative estimate of drug-likeness (QED) is 0.532. The van der Waals surface area contributed by atoms with Crippen molar-refractivity contribution >= 4 is 6.09 Å². The zero-order chi connectivity index (χ0) is 12.9. The molecule has 3 atom stereocenters. The molecule has 0 radical (unpaired) electrons. The molecule has 0 fully saturated rings. The lowest BCUT2D eigenvalue weighted by molar-refractivity contribution is -0.0127. The second kappa shape index (κ2) is 6.03. The number of aliphatic hydroxyl groups excluding tert-OH is 3. The maximum absolute atomic E-state index is 11.3. The highest BCUT2D eigenvalue weighted by Crippen LogP contribution is 2.07. The number of carbonyl (C=O) groups excluding carboxylic acids is 1. The van der Waals surface area contributed by atoms with Crippen molar-refractivity contribution in [2.45, 2.75) is 51.5 Å². The van der Waals surface area contributed by atoms with Crippen LogP contribution in [-0.2, 0) is 4.74 Å². The summed E-state index contributed by atoms with van der Waals surface area (Å²) >= 11 is 0. The van der Waals surface area contributed by atoms with Gasteiger partial charge in [-0.25, -0.2) is 4.79 Å². The van der Waals surface area contributed by atoms with Crippen molar-refractivity contribution in [1.29, 1.82) is 0 Å². The molecule has 3 unspecified atom stereocenters. The Morgan fingerprint density at radius 2 is 1.88 bits per heavy atom. The molecule has 0 aromatic heterocycles. The zero-order valence-electron chi connectivity index (χ0n) is 10.1. The van der Waals surface area contributed by atoms with Gasteiger partial charge in [-0.1, -0.05) is 0 Å². The largest absolute Gasteiger partial charge is 0.444 e. The zero-order valence-corrected chi connectivity index (χ0v) is 10.1. The summed E-state index contributed by atoms with van der Waals surface area (Å²) < 4.78 is 4.95. The molecule has 0 saturated carbocycles. The van der Waals surface area contributed by atoms with Gasteiger partial charge in [-0.05, 0) is 27.7 Å². The smallest absolute Gasteiger partial charge is 0.408 e. The fraction of sp³-hybridized carbons (Fsp3) is 0.900. The first-order valence-corrected chi connectivity index (χ1v) is 5.14. The van der Waals surface area contributed by atoms with E-state index < -0.39 is 36.6 Å². The Bertz CT molecular complexity index is 224. The molecule has 0 bridgehead atoms. The number of carbonyl (C=O) groups is 1. The molecule has 0 saturated heterocycles. The second-order valence-electron chi connectivity index (χ2n) is 4.67. The number of hydrogen-bond acceptors (Lipinski definition) is 5. The molecular formula is C10H21NO5. The van der Waals surface area contributed by atoms with Gasteiger partial charge >= 0.3 is 6.09 Å². The summed E-state index contributed by atoms with van der Waals surface area (Å²) in [5.74, 6) is 0. The number of nitrogens with one attached hydrogen (secondary N) is 1. The minimum absolute atomic E-state index is 0.481. The Kier molecular flexibility index (Phi) is 5.71. The summed E-state index contributed by atoms with van der Waals surface area (Å²) in [6.45, 7) is 5.98. The van der Waals surface area contributed by atoms with Crippen LogP contribution < -0.4 is 5.32 Å².